The molecule has 1 saturated carbocycles. The van der Waals surface area contributed by atoms with Crippen LogP contribution < -0.4 is 0 Å². The van der Waals surface area contributed by atoms with Gasteiger partial charge in [0.15, 0.2) is 0 Å². The lowest BCUT2D eigenvalue weighted by atomic mass is 9.79. The first-order valence-electron chi connectivity index (χ1n) is 15.5. The number of carbonyl (C=O) groups excluding carboxylic acids is 2. The summed E-state index contributed by atoms with van der Waals surface area (Å²) >= 11 is 16.0. The summed E-state index contributed by atoms with van der Waals surface area (Å²) < 4.78 is 1.28. The molecule has 3 aliphatic rings. The SMILES string of the molecule is C=C(C)C(=O)SC(CCC)C1CSC(C(SC)C2CCC(C(SC)C3SCC(C(CCC)SC(=O)C(=C)C)S3)CC2)S1. The average Bonchev–Trinajstić information content (AvgIpc) is 3.65. The molecule has 0 bridgehead atoms. The molecular formula is C32H52O2S8. The molecule has 0 aromatic rings. The minimum Gasteiger partial charge on any atom is -0.282 e. The van der Waals surface area contributed by atoms with Gasteiger partial charge >= 0.3 is 0 Å². The van der Waals surface area contributed by atoms with Gasteiger partial charge in [0.2, 0.25) is 10.2 Å². The lowest BCUT2D eigenvalue weighted by molar-refractivity contribution is -0.108. The van der Waals surface area contributed by atoms with Crippen molar-refractivity contribution in [3.63, 3.8) is 0 Å². The van der Waals surface area contributed by atoms with Crippen molar-refractivity contribution >= 4 is 104 Å². The maximum Gasteiger partial charge on any atom is 0.214 e. The van der Waals surface area contributed by atoms with Crippen LogP contribution in [-0.2, 0) is 9.59 Å². The topological polar surface area (TPSA) is 34.1 Å². The van der Waals surface area contributed by atoms with Crippen LogP contribution in [0.4, 0.5) is 0 Å². The highest BCUT2D eigenvalue weighted by atomic mass is 32.2. The normalized spacial score (nSPS) is 30.9. The fourth-order valence-corrected chi connectivity index (χ4v) is 20.4. The summed E-state index contributed by atoms with van der Waals surface area (Å²) in [4.78, 5) is 25.0. The van der Waals surface area contributed by atoms with Gasteiger partial charge in [0.05, 0.1) is 9.16 Å². The Hall–Kier alpha value is 1.62. The molecule has 10 heteroatoms. The molecule has 0 spiro atoms. The van der Waals surface area contributed by atoms with Gasteiger partial charge in [-0.1, -0.05) is 63.4 Å². The van der Waals surface area contributed by atoms with Crippen molar-refractivity contribution in [2.24, 2.45) is 11.8 Å². The predicted octanol–water partition coefficient (Wildman–Crippen LogP) is 10.6. The quantitative estimate of drug-likeness (QED) is 0.144. The third-order valence-corrected chi connectivity index (χ3v) is 21.8. The maximum atomic E-state index is 12.5. The molecule has 8 unspecified atom stereocenters. The Labute approximate surface area is 291 Å². The number of rotatable bonds is 16. The van der Waals surface area contributed by atoms with Crippen molar-refractivity contribution in [1.29, 1.82) is 0 Å². The Morgan fingerprint density at radius 1 is 0.714 bits per heavy atom. The molecule has 0 aromatic heterocycles. The van der Waals surface area contributed by atoms with Crippen molar-refractivity contribution < 1.29 is 9.59 Å². The van der Waals surface area contributed by atoms with Crippen LogP contribution in [0.3, 0.4) is 0 Å². The van der Waals surface area contributed by atoms with E-state index in [1.807, 2.05) is 13.8 Å². The van der Waals surface area contributed by atoms with Crippen molar-refractivity contribution in [3.05, 3.63) is 24.3 Å². The van der Waals surface area contributed by atoms with Crippen LogP contribution in [0.5, 0.6) is 0 Å². The van der Waals surface area contributed by atoms with E-state index in [-0.39, 0.29) is 10.2 Å². The van der Waals surface area contributed by atoms with Crippen molar-refractivity contribution in [3.8, 4) is 0 Å². The van der Waals surface area contributed by atoms with Crippen molar-refractivity contribution in [2.75, 3.05) is 24.0 Å². The van der Waals surface area contributed by atoms with Crippen LogP contribution in [0.25, 0.3) is 0 Å². The summed E-state index contributed by atoms with van der Waals surface area (Å²) in [5.41, 5.74) is 1.36. The first-order chi connectivity index (χ1) is 20.1. The fraction of sp³-hybridized carbons (Fsp3) is 0.812. The first-order valence-corrected chi connectivity index (χ1v) is 23.8. The molecular weight excluding hydrogens is 673 g/mol. The first kappa shape index (κ1) is 38.1. The molecule has 42 heavy (non-hydrogen) atoms. The minimum atomic E-state index is 0.176. The fourth-order valence-electron chi connectivity index (χ4n) is 6.16. The van der Waals surface area contributed by atoms with Gasteiger partial charge in [0.25, 0.3) is 0 Å². The van der Waals surface area contributed by atoms with Crippen molar-refractivity contribution in [2.45, 2.75) is 120 Å². The van der Waals surface area contributed by atoms with Gasteiger partial charge in [0.1, 0.15) is 0 Å². The van der Waals surface area contributed by atoms with E-state index in [1.54, 1.807) is 23.5 Å². The van der Waals surface area contributed by atoms with Crippen LogP contribution in [0.15, 0.2) is 24.3 Å². The van der Waals surface area contributed by atoms with Gasteiger partial charge in [-0.2, -0.15) is 23.5 Å². The third-order valence-electron chi connectivity index (χ3n) is 8.48. The zero-order valence-electron chi connectivity index (χ0n) is 26.3. The number of thioether (sulfide) groups is 8. The van der Waals surface area contributed by atoms with Gasteiger partial charge in [0, 0.05) is 43.0 Å². The molecule has 2 nitrogen and oxygen atoms in total. The summed E-state index contributed by atoms with van der Waals surface area (Å²) in [6.45, 7) is 16.0. The second kappa shape index (κ2) is 19.4. The van der Waals surface area contributed by atoms with Gasteiger partial charge in [-0.05, 0) is 87.9 Å². The Bertz CT molecular complexity index is 833. The van der Waals surface area contributed by atoms with Gasteiger partial charge in [-0.25, -0.2) is 0 Å². The van der Waals surface area contributed by atoms with Gasteiger partial charge in [-0.3, -0.25) is 9.59 Å². The zero-order chi connectivity index (χ0) is 30.8. The smallest absolute Gasteiger partial charge is 0.214 e. The highest BCUT2D eigenvalue weighted by Crippen LogP contribution is 2.54. The molecule has 0 amide bonds. The van der Waals surface area contributed by atoms with Crippen LogP contribution in [0.1, 0.15) is 79.1 Å². The van der Waals surface area contributed by atoms with E-state index in [0.717, 1.165) is 37.5 Å². The predicted molar refractivity (Wildman–Crippen MR) is 208 cm³/mol. The Morgan fingerprint density at radius 2 is 1.07 bits per heavy atom. The van der Waals surface area contributed by atoms with E-state index < -0.39 is 0 Å². The van der Waals surface area contributed by atoms with E-state index in [4.69, 9.17) is 0 Å². The van der Waals surface area contributed by atoms with E-state index in [1.165, 1.54) is 37.2 Å². The largest absolute Gasteiger partial charge is 0.282 e. The van der Waals surface area contributed by atoms with Crippen LogP contribution in [0.2, 0.25) is 0 Å². The molecule has 2 saturated heterocycles. The standard InChI is InChI=1S/C32H52O2S8/c1-9-11-23(39-29(33)19(3)4)25-17-37-31(41-25)27(35-7)21-13-15-22(16-14-21)28(36-8)32-38-18-26(42-32)24(12-10-2)40-30(34)20(5)6/h21-28,31-32H,3,5,9-18H2,1-2,4,6-8H3. The second-order valence-corrected chi connectivity index (χ2v) is 22.0. The lowest BCUT2D eigenvalue weighted by Crippen LogP contribution is -2.34. The van der Waals surface area contributed by atoms with Gasteiger partial charge < -0.3 is 0 Å². The monoisotopic (exact) mass is 724 g/mol. The molecule has 0 aromatic carbocycles. The molecule has 0 radical (unpaired) electrons. The zero-order valence-corrected chi connectivity index (χ0v) is 32.9. The maximum absolute atomic E-state index is 12.5. The summed E-state index contributed by atoms with van der Waals surface area (Å²) in [6, 6.07) is 0. The third kappa shape index (κ3) is 10.8. The van der Waals surface area contributed by atoms with Crippen molar-refractivity contribution in [1.82, 2.24) is 0 Å². The van der Waals surface area contributed by atoms with Crippen LogP contribution in [0, 0.1) is 11.8 Å². The Kier molecular flexibility index (Phi) is 17.6. The Balaban J connectivity index is 1.54. The molecule has 3 rings (SSSR count). The molecule has 2 heterocycles. The van der Waals surface area contributed by atoms with Crippen LogP contribution in [-0.4, -0.2) is 74.9 Å². The van der Waals surface area contributed by atoms with Gasteiger partial charge in [-0.15, -0.1) is 47.0 Å². The number of hydrogen-bond donors (Lipinski definition) is 0. The Morgan fingerprint density at radius 3 is 1.36 bits per heavy atom. The summed E-state index contributed by atoms with van der Waals surface area (Å²) in [5, 5.41) is 3.67. The summed E-state index contributed by atoms with van der Waals surface area (Å²) in [7, 11) is 0. The van der Waals surface area contributed by atoms with E-state index >= 15 is 0 Å². The molecule has 0 N–H and O–H groups in total. The molecule has 240 valence electrons. The van der Waals surface area contributed by atoms with Crippen LogP contribution >= 0.6 is 94.1 Å². The van der Waals surface area contributed by atoms with E-state index in [2.05, 4.69) is 110 Å². The van der Waals surface area contributed by atoms with E-state index in [9.17, 15) is 9.59 Å². The second-order valence-electron chi connectivity index (χ2n) is 11.9. The molecule has 8 atom stereocenters. The molecule has 2 aliphatic heterocycles. The highest BCUT2D eigenvalue weighted by Gasteiger charge is 2.44. The lowest BCUT2D eigenvalue weighted by Gasteiger charge is -2.39. The molecule has 3 fully saturated rings. The molecule has 1 aliphatic carbocycles. The summed E-state index contributed by atoms with van der Waals surface area (Å²) in [5.74, 6) is 3.94. The number of hydrogen-bond acceptors (Lipinski definition) is 10. The number of carbonyl (C=O) groups is 2. The van der Waals surface area contributed by atoms with E-state index in [0.29, 0.717) is 51.8 Å². The summed E-state index contributed by atoms with van der Waals surface area (Å²) in [6.07, 6.45) is 14.5. The highest BCUT2D eigenvalue weighted by molar-refractivity contribution is 8.23. The average molecular weight is 725 g/mol. The minimum absolute atomic E-state index is 0.176.